The predicted molar refractivity (Wildman–Crippen MR) is 95.2 cm³/mol. The van der Waals surface area contributed by atoms with Crippen LogP contribution >= 0.6 is 0 Å². The molecule has 2 aromatic heterocycles. The topological polar surface area (TPSA) is 122 Å². The zero-order valence-corrected chi connectivity index (χ0v) is 14.6. The number of nitrogens with zero attached hydrogens (tertiary/aromatic N) is 5. The Hall–Kier alpha value is -3.56. The van der Waals surface area contributed by atoms with Crippen LogP contribution in [0.2, 0.25) is 0 Å². The number of aryl methyl sites for hydroxylation is 2. The Morgan fingerprint density at radius 3 is 2.81 bits per heavy atom. The average molecular weight is 371 g/mol. The molecule has 27 heavy (non-hydrogen) atoms. The number of hydrogen-bond acceptors (Lipinski definition) is 7. The van der Waals surface area contributed by atoms with Crippen LogP contribution in [0.1, 0.15) is 12.2 Å². The number of aromatic nitrogens is 4. The summed E-state index contributed by atoms with van der Waals surface area (Å²) in [5.41, 5.74) is 0.372. The van der Waals surface area contributed by atoms with Crippen LogP contribution in [0.25, 0.3) is 10.9 Å². The SMILES string of the molecule is Cc1ncc([N+](=O)[O-])n1CCOC(=O)CCn1cnc2ccccc2c1=O. The molecule has 0 unspecified atom stereocenters. The molecule has 0 aliphatic rings. The number of imidazole rings is 1. The number of hydrogen-bond donors (Lipinski definition) is 0. The van der Waals surface area contributed by atoms with E-state index < -0.39 is 10.9 Å². The number of carbonyl (C=O) groups is 1. The smallest absolute Gasteiger partial charge is 0.342 e. The zero-order chi connectivity index (χ0) is 19.4. The molecule has 0 bridgehead atoms. The number of rotatable bonds is 7. The van der Waals surface area contributed by atoms with Gasteiger partial charge in [0.05, 0.1) is 23.7 Å². The lowest BCUT2D eigenvalue weighted by molar-refractivity contribution is -0.392. The summed E-state index contributed by atoms with van der Waals surface area (Å²) in [5.74, 6) is -0.195. The lowest BCUT2D eigenvalue weighted by Crippen LogP contribution is -2.23. The molecule has 1 aromatic carbocycles. The molecule has 0 aliphatic heterocycles. The predicted octanol–water partition coefficient (Wildman–Crippen LogP) is 1.44. The molecule has 0 N–H and O–H groups in total. The summed E-state index contributed by atoms with van der Waals surface area (Å²) < 4.78 is 7.83. The van der Waals surface area contributed by atoms with E-state index in [0.29, 0.717) is 16.7 Å². The number of nitro groups is 1. The van der Waals surface area contributed by atoms with Gasteiger partial charge in [-0.15, -0.1) is 0 Å². The number of esters is 1. The van der Waals surface area contributed by atoms with Crippen molar-refractivity contribution in [1.29, 1.82) is 0 Å². The number of ether oxygens (including phenoxy) is 1. The lowest BCUT2D eigenvalue weighted by atomic mass is 10.2. The van der Waals surface area contributed by atoms with Crippen LogP contribution in [0.5, 0.6) is 0 Å². The zero-order valence-electron chi connectivity index (χ0n) is 14.6. The summed E-state index contributed by atoms with van der Waals surface area (Å²) in [5, 5.41) is 11.4. The molecule has 10 nitrogen and oxygen atoms in total. The summed E-state index contributed by atoms with van der Waals surface area (Å²) in [6, 6.07) is 6.97. The highest BCUT2D eigenvalue weighted by molar-refractivity contribution is 5.77. The molecule has 0 atom stereocenters. The number of fused-ring (bicyclic) bond motifs is 1. The van der Waals surface area contributed by atoms with Gasteiger partial charge in [0.1, 0.15) is 19.3 Å². The molecular weight excluding hydrogens is 354 g/mol. The second-order valence-corrected chi connectivity index (χ2v) is 5.80. The molecule has 10 heteroatoms. The maximum absolute atomic E-state index is 12.3. The van der Waals surface area contributed by atoms with Crippen LogP contribution in [0, 0.1) is 17.0 Å². The lowest BCUT2D eigenvalue weighted by Gasteiger charge is -2.07. The van der Waals surface area contributed by atoms with Crippen molar-refractivity contribution < 1.29 is 14.5 Å². The second kappa shape index (κ2) is 7.77. The first-order valence-electron chi connectivity index (χ1n) is 8.23. The highest BCUT2D eigenvalue weighted by Crippen LogP contribution is 2.13. The van der Waals surface area contributed by atoms with E-state index in [1.807, 2.05) is 0 Å². The molecule has 140 valence electrons. The Bertz CT molecular complexity index is 1060. The van der Waals surface area contributed by atoms with E-state index in [-0.39, 0.29) is 37.5 Å². The van der Waals surface area contributed by atoms with Gasteiger partial charge in [0.15, 0.2) is 5.82 Å². The third kappa shape index (κ3) is 4.00. The minimum atomic E-state index is -0.541. The summed E-state index contributed by atoms with van der Waals surface area (Å²) >= 11 is 0. The van der Waals surface area contributed by atoms with Gasteiger partial charge >= 0.3 is 11.8 Å². The van der Waals surface area contributed by atoms with E-state index in [2.05, 4.69) is 9.97 Å². The quantitative estimate of drug-likeness (QED) is 0.350. The molecule has 3 rings (SSSR count). The van der Waals surface area contributed by atoms with Crippen LogP contribution in [0.15, 0.2) is 41.6 Å². The fraction of sp³-hybridized carbons (Fsp3) is 0.294. The maximum Gasteiger partial charge on any atom is 0.342 e. The van der Waals surface area contributed by atoms with Crippen molar-refractivity contribution >= 4 is 22.7 Å². The average Bonchev–Trinajstić information content (AvgIpc) is 3.02. The standard InChI is InChI=1S/C17H17N5O5/c1-12-18-10-15(22(25)26)21(12)8-9-27-16(23)6-7-20-11-19-14-5-3-2-4-13(14)17(20)24/h2-5,10-11H,6-9H2,1H3. The molecule has 0 saturated heterocycles. The first-order chi connectivity index (χ1) is 13.0. The van der Waals surface area contributed by atoms with Crippen LogP contribution in [-0.2, 0) is 22.6 Å². The molecule has 0 fully saturated rings. The number of para-hydroxylation sites is 1. The fourth-order valence-electron chi connectivity index (χ4n) is 2.68. The van der Waals surface area contributed by atoms with Crippen molar-refractivity contribution in [3.8, 4) is 0 Å². The van der Waals surface area contributed by atoms with Crippen molar-refractivity contribution in [3.05, 3.63) is 63.1 Å². The van der Waals surface area contributed by atoms with Crippen molar-refractivity contribution in [2.75, 3.05) is 6.61 Å². The Morgan fingerprint density at radius 1 is 1.26 bits per heavy atom. The van der Waals surface area contributed by atoms with Gasteiger partial charge in [-0.05, 0) is 17.1 Å². The van der Waals surface area contributed by atoms with E-state index >= 15 is 0 Å². The van der Waals surface area contributed by atoms with Crippen molar-refractivity contribution in [3.63, 3.8) is 0 Å². The normalized spacial score (nSPS) is 10.9. The molecule has 0 amide bonds. The summed E-state index contributed by atoms with van der Waals surface area (Å²) in [6.45, 7) is 1.88. The largest absolute Gasteiger partial charge is 0.461 e. The second-order valence-electron chi connectivity index (χ2n) is 5.80. The van der Waals surface area contributed by atoms with Gasteiger partial charge in [0.25, 0.3) is 5.56 Å². The molecule has 0 saturated carbocycles. The van der Waals surface area contributed by atoms with E-state index in [1.54, 1.807) is 31.2 Å². The summed E-state index contributed by atoms with van der Waals surface area (Å²) in [7, 11) is 0. The third-order valence-corrected chi connectivity index (χ3v) is 4.09. The molecule has 3 aromatic rings. The Morgan fingerprint density at radius 2 is 2.04 bits per heavy atom. The van der Waals surface area contributed by atoms with E-state index in [9.17, 15) is 19.7 Å². The molecule has 2 heterocycles. The van der Waals surface area contributed by atoms with Gasteiger partial charge < -0.3 is 14.9 Å². The first-order valence-corrected chi connectivity index (χ1v) is 8.23. The van der Waals surface area contributed by atoms with Gasteiger partial charge in [-0.2, -0.15) is 0 Å². The van der Waals surface area contributed by atoms with Gasteiger partial charge in [0.2, 0.25) is 0 Å². The van der Waals surface area contributed by atoms with Crippen LogP contribution in [-0.4, -0.2) is 36.6 Å². The van der Waals surface area contributed by atoms with E-state index in [1.165, 1.54) is 15.5 Å². The van der Waals surface area contributed by atoms with E-state index in [4.69, 9.17) is 4.74 Å². The number of carbonyl (C=O) groups excluding carboxylic acids is 1. The molecular formula is C17H17N5O5. The number of benzene rings is 1. The monoisotopic (exact) mass is 371 g/mol. The third-order valence-electron chi connectivity index (χ3n) is 4.09. The Balaban J connectivity index is 1.55. The Kier molecular flexibility index (Phi) is 5.25. The highest BCUT2D eigenvalue weighted by Gasteiger charge is 2.17. The molecule has 0 radical (unpaired) electrons. The minimum Gasteiger partial charge on any atom is -0.461 e. The van der Waals surface area contributed by atoms with Crippen LogP contribution < -0.4 is 5.56 Å². The molecule has 0 spiro atoms. The van der Waals surface area contributed by atoms with Gasteiger partial charge in [-0.25, -0.2) is 14.5 Å². The van der Waals surface area contributed by atoms with Crippen molar-refractivity contribution in [2.45, 2.75) is 26.4 Å². The van der Waals surface area contributed by atoms with E-state index in [0.717, 1.165) is 6.20 Å². The van der Waals surface area contributed by atoms with Gasteiger partial charge in [-0.3, -0.25) is 14.2 Å². The Labute approximate surface area is 153 Å². The molecule has 0 aliphatic carbocycles. The van der Waals surface area contributed by atoms with Crippen LogP contribution in [0.3, 0.4) is 0 Å². The minimum absolute atomic E-state index is 0.00900. The van der Waals surface area contributed by atoms with Gasteiger partial charge in [0, 0.05) is 13.5 Å². The van der Waals surface area contributed by atoms with Gasteiger partial charge in [-0.1, -0.05) is 12.1 Å². The maximum atomic E-state index is 12.3. The van der Waals surface area contributed by atoms with Crippen molar-refractivity contribution in [2.24, 2.45) is 0 Å². The fourth-order valence-corrected chi connectivity index (χ4v) is 2.68. The summed E-state index contributed by atoms with van der Waals surface area (Å²) in [4.78, 5) is 42.7. The van der Waals surface area contributed by atoms with Crippen molar-refractivity contribution in [1.82, 2.24) is 19.1 Å². The highest BCUT2D eigenvalue weighted by atomic mass is 16.6. The summed E-state index contributed by atoms with van der Waals surface area (Å²) in [6.07, 6.45) is 2.55. The van der Waals surface area contributed by atoms with Crippen LogP contribution in [0.4, 0.5) is 5.82 Å². The first kappa shape index (κ1) is 18.2.